The summed E-state index contributed by atoms with van der Waals surface area (Å²) >= 11 is 0. The standard InChI is InChI=1S/C33H42FN3O5S/c1-5-42-29-19-17-28(18-20-29)37(43(4,40)41)21-11-16-32(38)36(24-27-14-9-10-15-30(27)34)31(33(39)35-23-25(2)3)22-26-12-7-6-8-13-26/h6-10,12-15,17-20,25,31H,5,11,16,21-24H2,1-4H3,(H,35,39)/t31-/m0/s1. The number of benzene rings is 3. The highest BCUT2D eigenvalue weighted by Crippen LogP contribution is 2.23. The van der Waals surface area contributed by atoms with Gasteiger partial charge >= 0.3 is 0 Å². The van der Waals surface area contributed by atoms with E-state index in [0.29, 0.717) is 24.6 Å². The van der Waals surface area contributed by atoms with Gasteiger partial charge in [0, 0.05) is 38.0 Å². The molecule has 1 N–H and O–H groups in total. The summed E-state index contributed by atoms with van der Waals surface area (Å²) in [6, 6.07) is 21.4. The second-order valence-electron chi connectivity index (χ2n) is 10.8. The average molecular weight is 612 g/mol. The molecule has 0 heterocycles. The van der Waals surface area contributed by atoms with Gasteiger partial charge in [-0.15, -0.1) is 0 Å². The summed E-state index contributed by atoms with van der Waals surface area (Å²) in [5.41, 5.74) is 1.60. The normalized spacial score (nSPS) is 12.0. The monoisotopic (exact) mass is 611 g/mol. The fourth-order valence-electron chi connectivity index (χ4n) is 4.67. The van der Waals surface area contributed by atoms with Gasteiger partial charge in [-0.1, -0.05) is 62.4 Å². The van der Waals surface area contributed by atoms with Gasteiger partial charge in [-0.05, 0) is 55.2 Å². The fraction of sp³-hybridized carbons (Fsp3) is 0.394. The maximum Gasteiger partial charge on any atom is 0.243 e. The third kappa shape index (κ3) is 10.4. The van der Waals surface area contributed by atoms with Gasteiger partial charge in [-0.2, -0.15) is 0 Å². The van der Waals surface area contributed by atoms with E-state index in [0.717, 1.165) is 11.8 Å². The van der Waals surface area contributed by atoms with Crippen LogP contribution in [0.2, 0.25) is 0 Å². The van der Waals surface area contributed by atoms with E-state index in [1.807, 2.05) is 51.1 Å². The molecule has 10 heteroatoms. The number of anilines is 1. The number of nitrogens with one attached hydrogen (secondary N) is 1. The van der Waals surface area contributed by atoms with Crippen LogP contribution < -0.4 is 14.4 Å². The van der Waals surface area contributed by atoms with Crippen LogP contribution in [0.4, 0.5) is 10.1 Å². The number of nitrogens with zero attached hydrogens (tertiary/aromatic N) is 2. The molecule has 232 valence electrons. The minimum atomic E-state index is -3.65. The zero-order chi connectivity index (χ0) is 31.4. The largest absolute Gasteiger partial charge is 0.494 e. The SMILES string of the molecule is CCOc1ccc(N(CCCC(=O)N(Cc2ccccc2F)[C@@H](Cc2ccccc2)C(=O)NCC(C)C)S(C)(=O)=O)cc1. The number of rotatable bonds is 16. The minimum absolute atomic E-state index is 0.0414. The number of sulfonamides is 1. The summed E-state index contributed by atoms with van der Waals surface area (Å²) in [6.07, 6.45) is 1.51. The molecule has 0 aliphatic heterocycles. The molecule has 0 saturated heterocycles. The Morgan fingerprint density at radius 3 is 2.21 bits per heavy atom. The van der Waals surface area contributed by atoms with E-state index in [2.05, 4.69) is 5.32 Å². The van der Waals surface area contributed by atoms with E-state index in [1.165, 1.54) is 15.3 Å². The highest BCUT2D eigenvalue weighted by atomic mass is 32.2. The van der Waals surface area contributed by atoms with Crippen molar-refractivity contribution < 1.29 is 27.1 Å². The number of carbonyl (C=O) groups excluding carboxylic acids is 2. The summed E-state index contributed by atoms with van der Waals surface area (Å²) in [7, 11) is -3.65. The lowest BCUT2D eigenvalue weighted by molar-refractivity contribution is -0.141. The molecular weight excluding hydrogens is 569 g/mol. The first-order valence-electron chi connectivity index (χ1n) is 14.5. The van der Waals surface area contributed by atoms with E-state index in [4.69, 9.17) is 4.74 Å². The van der Waals surface area contributed by atoms with Gasteiger partial charge in [0.1, 0.15) is 17.6 Å². The third-order valence-electron chi connectivity index (χ3n) is 6.84. The van der Waals surface area contributed by atoms with Gasteiger partial charge in [0.05, 0.1) is 18.6 Å². The summed E-state index contributed by atoms with van der Waals surface area (Å²) in [5.74, 6) is -0.348. The van der Waals surface area contributed by atoms with Crippen LogP contribution in [0.1, 0.15) is 44.7 Å². The minimum Gasteiger partial charge on any atom is -0.494 e. The smallest absolute Gasteiger partial charge is 0.243 e. The van der Waals surface area contributed by atoms with Crippen molar-refractivity contribution in [2.75, 3.05) is 30.3 Å². The van der Waals surface area contributed by atoms with E-state index in [9.17, 15) is 22.4 Å². The molecule has 0 fully saturated rings. The van der Waals surface area contributed by atoms with Crippen molar-refractivity contribution in [3.63, 3.8) is 0 Å². The van der Waals surface area contributed by atoms with Crippen LogP contribution in [0.5, 0.6) is 5.75 Å². The lowest BCUT2D eigenvalue weighted by atomic mass is 10.0. The van der Waals surface area contributed by atoms with Crippen LogP contribution in [-0.2, 0) is 32.6 Å². The molecule has 3 aromatic rings. The van der Waals surface area contributed by atoms with Gasteiger partial charge in [-0.3, -0.25) is 13.9 Å². The Morgan fingerprint density at radius 2 is 1.60 bits per heavy atom. The second kappa shape index (κ2) is 16.1. The first-order valence-corrected chi connectivity index (χ1v) is 16.4. The average Bonchev–Trinajstić information content (AvgIpc) is 2.97. The van der Waals surface area contributed by atoms with E-state index in [-0.39, 0.29) is 55.6 Å². The molecule has 0 bridgehead atoms. The van der Waals surface area contributed by atoms with Gasteiger partial charge in [0.25, 0.3) is 0 Å². The zero-order valence-electron chi connectivity index (χ0n) is 25.3. The molecule has 0 radical (unpaired) electrons. The van der Waals surface area contributed by atoms with Crippen LogP contribution in [0.25, 0.3) is 0 Å². The number of ether oxygens (including phenoxy) is 1. The highest BCUT2D eigenvalue weighted by molar-refractivity contribution is 7.92. The van der Waals surface area contributed by atoms with Gasteiger partial charge in [0.15, 0.2) is 0 Å². The van der Waals surface area contributed by atoms with Crippen molar-refractivity contribution >= 4 is 27.5 Å². The van der Waals surface area contributed by atoms with E-state index in [1.54, 1.807) is 42.5 Å². The molecule has 3 aromatic carbocycles. The lowest BCUT2D eigenvalue weighted by Gasteiger charge is -2.32. The van der Waals surface area contributed by atoms with Crippen LogP contribution in [0, 0.1) is 11.7 Å². The fourth-order valence-corrected chi connectivity index (χ4v) is 5.63. The lowest BCUT2D eigenvalue weighted by Crippen LogP contribution is -2.51. The molecule has 1 atom stereocenters. The van der Waals surface area contributed by atoms with Crippen molar-refractivity contribution in [1.82, 2.24) is 10.2 Å². The number of carbonyl (C=O) groups is 2. The Kier molecular flexibility index (Phi) is 12.5. The molecule has 3 rings (SSSR count). The van der Waals surface area contributed by atoms with Crippen molar-refractivity contribution in [3.8, 4) is 5.75 Å². The number of halogens is 1. The third-order valence-corrected chi connectivity index (χ3v) is 8.04. The number of amides is 2. The van der Waals surface area contributed by atoms with Gasteiger partial charge in [0.2, 0.25) is 21.8 Å². The van der Waals surface area contributed by atoms with Crippen LogP contribution in [0.3, 0.4) is 0 Å². The summed E-state index contributed by atoms with van der Waals surface area (Å²) in [4.78, 5) is 28.8. The topological polar surface area (TPSA) is 96.0 Å². The molecule has 0 unspecified atom stereocenters. The Hall–Kier alpha value is -3.92. The van der Waals surface area contributed by atoms with Gasteiger partial charge in [-0.25, -0.2) is 12.8 Å². The molecule has 2 amide bonds. The molecule has 0 saturated carbocycles. The van der Waals surface area contributed by atoms with Crippen LogP contribution in [-0.4, -0.2) is 57.1 Å². The van der Waals surface area contributed by atoms with Crippen LogP contribution >= 0.6 is 0 Å². The predicted molar refractivity (Wildman–Crippen MR) is 168 cm³/mol. The molecule has 0 aliphatic carbocycles. The van der Waals surface area contributed by atoms with Gasteiger partial charge < -0.3 is 15.0 Å². The second-order valence-corrected chi connectivity index (χ2v) is 12.7. The summed E-state index contributed by atoms with van der Waals surface area (Å²) < 4.78 is 46.8. The Labute approximate surface area is 254 Å². The molecule has 0 aliphatic rings. The Balaban J connectivity index is 1.87. The molecular formula is C33H42FN3O5S. The van der Waals surface area contributed by atoms with E-state index < -0.39 is 21.9 Å². The molecule has 43 heavy (non-hydrogen) atoms. The first kappa shape index (κ1) is 33.6. The quantitative estimate of drug-likeness (QED) is 0.241. The molecule has 0 aromatic heterocycles. The zero-order valence-corrected chi connectivity index (χ0v) is 26.1. The van der Waals surface area contributed by atoms with Crippen molar-refractivity contribution in [2.45, 2.75) is 52.6 Å². The summed E-state index contributed by atoms with van der Waals surface area (Å²) in [5, 5.41) is 2.94. The molecule has 0 spiro atoms. The van der Waals surface area contributed by atoms with E-state index >= 15 is 0 Å². The number of hydrogen-bond acceptors (Lipinski definition) is 5. The first-order chi connectivity index (χ1) is 20.5. The van der Waals surface area contributed by atoms with Crippen molar-refractivity contribution in [2.24, 2.45) is 5.92 Å². The predicted octanol–water partition coefficient (Wildman–Crippen LogP) is 5.18. The number of hydrogen-bond donors (Lipinski definition) is 1. The Morgan fingerprint density at radius 1 is 0.953 bits per heavy atom. The Bertz CT molecular complexity index is 1430. The maximum absolute atomic E-state index is 14.8. The van der Waals surface area contributed by atoms with Crippen molar-refractivity contribution in [3.05, 3.63) is 95.8 Å². The summed E-state index contributed by atoms with van der Waals surface area (Å²) in [6.45, 7) is 6.68. The van der Waals surface area contributed by atoms with Crippen molar-refractivity contribution in [1.29, 1.82) is 0 Å². The highest BCUT2D eigenvalue weighted by Gasteiger charge is 2.31. The molecule has 8 nitrogen and oxygen atoms in total. The maximum atomic E-state index is 14.8. The van der Waals surface area contributed by atoms with Crippen LogP contribution in [0.15, 0.2) is 78.9 Å².